The quantitative estimate of drug-likeness (QED) is 0.931. The molecule has 2 aliphatic heterocycles. The van der Waals surface area contributed by atoms with Crippen molar-refractivity contribution < 1.29 is 13.2 Å². The molecule has 2 heterocycles. The lowest BCUT2D eigenvalue weighted by molar-refractivity contribution is 0.201. The van der Waals surface area contributed by atoms with Crippen molar-refractivity contribution in [3.8, 4) is 5.75 Å². The third kappa shape index (κ3) is 2.87. The van der Waals surface area contributed by atoms with Gasteiger partial charge in [-0.05, 0) is 37.5 Å². The van der Waals surface area contributed by atoms with Gasteiger partial charge in [0.25, 0.3) is 0 Å². The number of benzene rings is 1. The zero-order valence-electron chi connectivity index (χ0n) is 12.3. The molecule has 1 saturated heterocycles. The Labute approximate surface area is 126 Å². The first-order valence-electron chi connectivity index (χ1n) is 7.66. The third-order valence-corrected chi connectivity index (χ3v) is 6.07. The molecular weight excluding hydrogens is 288 g/mol. The Morgan fingerprint density at radius 2 is 2.05 bits per heavy atom. The van der Waals surface area contributed by atoms with Gasteiger partial charge in [0.1, 0.15) is 11.9 Å². The lowest BCUT2D eigenvalue weighted by Gasteiger charge is -2.29. The van der Waals surface area contributed by atoms with Crippen molar-refractivity contribution in [2.45, 2.75) is 43.6 Å². The Hall–Kier alpha value is -1.27. The lowest BCUT2D eigenvalue weighted by atomic mass is 10.2. The molecular formula is C15H22N2O3S. The topological polar surface area (TPSA) is 58.6 Å². The van der Waals surface area contributed by atoms with Crippen molar-refractivity contribution in [1.82, 2.24) is 4.31 Å². The van der Waals surface area contributed by atoms with Gasteiger partial charge in [-0.2, -0.15) is 4.31 Å². The van der Waals surface area contributed by atoms with Crippen molar-refractivity contribution in [2.24, 2.45) is 0 Å². The number of ether oxygens (including phenoxy) is 1. The van der Waals surface area contributed by atoms with E-state index in [2.05, 4.69) is 12.2 Å². The molecule has 3 rings (SSSR count). The average Bonchev–Trinajstić information content (AvgIpc) is 2.54. The zero-order valence-corrected chi connectivity index (χ0v) is 13.2. The van der Waals surface area contributed by atoms with Crippen LogP contribution in [0.4, 0.5) is 5.69 Å². The lowest BCUT2D eigenvalue weighted by Crippen LogP contribution is -2.36. The van der Waals surface area contributed by atoms with Gasteiger partial charge in [0.2, 0.25) is 10.0 Å². The maximum absolute atomic E-state index is 12.7. The molecule has 5 nitrogen and oxygen atoms in total. The van der Waals surface area contributed by atoms with E-state index in [4.69, 9.17) is 4.74 Å². The Balaban J connectivity index is 1.86. The number of anilines is 1. The van der Waals surface area contributed by atoms with Crippen LogP contribution in [0.25, 0.3) is 0 Å². The molecule has 1 unspecified atom stereocenters. The second-order valence-corrected chi connectivity index (χ2v) is 7.59. The Morgan fingerprint density at radius 1 is 1.29 bits per heavy atom. The number of sulfonamides is 1. The highest BCUT2D eigenvalue weighted by molar-refractivity contribution is 7.89. The number of hydrogen-bond acceptors (Lipinski definition) is 4. The van der Waals surface area contributed by atoms with E-state index >= 15 is 0 Å². The molecule has 21 heavy (non-hydrogen) atoms. The minimum Gasteiger partial charge on any atom is -0.486 e. The first-order valence-corrected chi connectivity index (χ1v) is 9.10. The fourth-order valence-corrected chi connectivity index (χ4v) is 4.38. The summed E-state index contributed by atoms with van der Waals surface area (Å²) in [6.45, 7) is 4.05. The fourth-order valence-electron chi connectivity index (χ4n) is 2.84. The molecule has 116 valence electrons. The highest BCUT2D eigenvalue weighted by Gasteiger charge is 2.27. The van der Waals surface area contributed by atoms with Crippen LogP contribution in [-0.4, -0.2) is 38.5 Å². The van der Waals surface area contributed by atoms with Crippen LogP contribution in [0, 0.1) is 0 Å². The fraction of sp³-hybridized carbons (Fsp3) is 0.600. The molecule has 1 N–H and O–H groups in total. The Morgan fingerprint density at radius 3 is 2.76 bits per heavy atom. The van der Waals surface area contributed by atoms with Gasteiger partial charge in [-0.15, -0.1) is 0 Å². The third-order valence-electron chi connectivity index (χ3n) is 4.17. The van der Waals surface area contributed by atoms with Crippen LogP contribution < -0.4 is 10.1 Å². The maximum Gasteiger partial charge on any atom is 0.243 e. The van der Waals surface area contributed by atoms with Crippen LogP contribution in [0.3, 0.4) is 0 Å². The summed E-state index contributed by atoms with van der Waals surface area (Å²) < 4.78 is 32.7. The summed E-state index contributed by atoms with van der Waals surface area (Å²) in [4.78, 5) is 0.356. The van der Waals surface area contributed by atoms with Crippen LogP contribution in [-0.2, 0) is 10.0 Å². The average molecular weight is 310 g/mol. The Bertz CT molecular complexity index is 609. The highest BCUT2D eigenvalue weighted by Crippen LogP contribution is 2.33. The second-order valence-electron chi connectivity index (χ2n) is 5.65. The molecule has 0 radical (unpaired) electrons. The minimum absolute atomic E-state index is 0.155. The second kappa shape index (κ2) is 5.85. The summed E-state index contributed by atoms with van der Waals surface area (Å²) >= 11 is 0. The molecule has 0 saturated carbocycles. The van der Waals surface area contributed by atoms with Crippen molar-refractivity contribution >= 4 is 15.7 Å². The molecule has 1 fully saturated rings. The summed E-state index contributed by atoms with van der Waals surface area (Å²) in [7, 11) is -3.38. The molecule has 2 aliphatic rings. The SMILES string of the molecule is CCC1CNc2cc(S(=O)(=O)N3CCCCC3)ccc2O1. The summed E-state index contributed by atoms with van der Waals surface area (Å²) in [5, 5.41) is 3.27. The van der Waals surface area contributed by atoms with E-state index in [-0.39, 0.29) is 6.10 Å². The van der Waals surface area contributed by atoms with E-state index in [1.807, 2.05) is 0 Å². The largest absolute Gasteiger partial charge is 0.486 e. The van der Waals surface area contributed by atoms with Crippen molar-refractivity contribution in [1.29, 1.82) is 0 Å². The van der Waals surface area contributed by atoms with Crippen molar-refractivity contribution in [3.05, 3.63) is 18.2 Å². The number of nitrogens with one attached hydrogen (secondary N) is 1. The van der Waals surface area contributed by atoms with Gasteiger partial charge < -0.3 is 10.1 Å². The van der Waals surface area contributed by atoms with Gasteiger partial charge in [-0.1, -0.05) is 13.3 Å². The van der Waals surface area contributed by atoms with E-state index in [1.165, 1.54) is 0 Å². The maximum atomic E-state index is 12.7. The molecule has 6 heteroatoms. The number of piperidine rings is 1. The van der Waals surface area contributed by atoms with Gasteiger partial charge in [0, 0.05) is 13.1 Å². The van der Waals surface area contributed by atoms with Crippen molar-refractivity contribution in [3.63, 3.8) is 0 Å². The molecule has 1 aromatic rings. The predicted octanol–water partition coefficient (Wildman–Crippen LogP) is 2.44. The monoisotopic (exact) mass is 310 g/mol. The molecule has 1 atom stereocenters. The first-order chi connectivity index (χ1) is 10.1. The smallest absolute Gasteiger partial charge is 0.243 e. The van der Waals surface area contributed by atoms with Crippen molar-refractivity contribution in [2.75, 3.05) is 25.0 Å². The van der Waals surface area contributed by atoms with Crippen LogP contribution in [0.1, 0.15) is 32.6 Å². The summed E-state index contributed by atoms with van der Waals surface area (Å²) in [6.07, 6.45) is 4.10. The van der Waals surface area contributed by atoms with Gasteiger partial charge >= 0.3 is 0 Å². The van der Waals surface area contributed by atoms with E-state index < -0.39 is 10.0 Å². The predicted molar refractivity (Wildman–Crippen MR) is 82.2 cm³/mol. The first kappa shape index (κ1) is 14.7. The van der Waals surface area contributed by atoms with Crippen LogP contribution >= 0.6 is 0 Å². The van der Waals surface area contributed by atoms with Gasteiger partial charge in [0.05, 0.1) is 17.1 Å². The van der Waals surface area contributed by atoms with Gasteiger partial charge in [-0.25, -0.2) is 8.42 Å². The molecule has 1 aromatic carbocycles. The Kier molecular flexibility index (Phi) is 4.08. The highest BCUT2D eigenvalue weighted by atomic mass is 32.2. The number of fused-ring (bicyclic) bond motifs is 1. The van der Waals surface area contributed by atoms with E-state index in [0.29, 0.717) is 18.0 Å². The van der Waals surface area contributed by atoms with Crippen LogP contribution in [0.5, 0.6) is 5.75 Å². The zero-order chi connectivity index (χ0) is 14.9. The van der Waals surface area contributed by atoms with Crippen LogP contribution in [0.15, 0.2) is 23.1 Å². The molecule has 0 aliphatic carbocycles. The molecule has 0 amide bonds. The molecule has 0 bridgehead atoms. The standard InChI is InChI=1S/C15H22N2O3S/c1-2-12-11-16-14-10-13(6-7-15(14)20-12)21(18,19)17-8-4-3-5-9-17/h6-7,10,12,16H,2-5,8-9,11H2,1H3. The summed E-state index contributed by atoms with van der Waals surface area (Å²) in [5.74, 6) is 0.741. The van der Waals surface area contributed by atoms with E-state index in [0.717, 1.165) is 43.7 Å². The number of rotatable bonds is 3. The molecule has 0 aromatic heterocycles. The van der Waals surface area contributed by atoms with Crippen LogP contribution in [0.2, 0.25) is 0 Å². The van der Waals surface area contributed by atoms with Gasteiger partial charge in [0.15, 0.2) is 0 Å². The normalized spacial score (nSPS) is 23.0. The number of nitrogens with zero attached hydrogens (tertiary/aromatic N) is 1. The number of hydrogen-bond donors (Lipinski definition) is 1. The minimum atomic E-state index is -3.38. The van der Waals surface area contributed by atoms with Gasteiger partial charge in [-0.3, -0.25) is 0 Å². The molecule has 0 spiro atoms. The summed E-state index contributed by atoms with van der Waals surface area (Å²) in [5.41, 5.74) is 0.776. The van der Waals surface area contributed by atoms with E-state index in [9.17, 15) is 8.42 Å². The van der Waals surface area contributed by atoms with E-state index in [1.54, 1.807) is 22.5 Å². The summed E-state index contributed by atoms with van der Waals surface area (Å²) in [6, 6.07) is 5.12.